The maximum atomic E-state index is 12.7. The van der Waals surface area contributed by atoms with Crippen LogP contribution in [0.5, 0.6) is 0 Å². The van der Waals surface area contributed by atoms with E-state index < -0.39 is 10.7 Å². The molecule has 25 heavy (non-hydrogen) atoms. The van der Waals surface area contributed by atoms with Crippen molar-refractivity contribution >= 4 is 40.1 Å². The fraction of sp³-hybridized carbons (Fsp3) is 0. The molecule has 1 aromatic heterocycles. The molecule has 0 spiro atoms. The number of fused-ring (bicyclic) bond motifs is 1. The highest BCUT2D eigenvalue weighted by Gasteiger charge is 2.17. The molecule has 1 heterocycles. The summed E-state index contributed by atoms with van der Waals surface area (Å²) in [6, 6.07) is 12.6. The zero-order valence-corrected chi connectivity index (χ0v) is 13.4. The summed E-state index contributed by atoms with van der Waals surface area (Å²) in [6.07, 6.45) is 2.94. The van der Waals surface area contributed by atoms with Crippen LogP contribution in [0.4, 0.5) is 5.69 Å². The Balaban J connectivity index is 1.98. The number of carbonyl (C=O) groups excluding carboxylic acids is 1. The summed E-state index contributed by atoms with van der Waals surface area (Å²) in [5.74, 6) is -0.436. The van der Waals surface area contributed by atoms with E-state index in [0.29, 0.717) is 27.1 Å². The molecular weight excluding hydrogens is 342 g/mol. The van der Waals surface area contributed by atoms with Crippen molar-refractivity contribution in [1.29, 1.82) is 5.26 Å². The van der Waals surface area contributed by atoms with E-state index in [1.54, 1.807) is 18.2 Å². The van der Waals surface area contributed by atoms with Gasteiger partial charge < -0.3 is 4.98 Å². The van der Waals surface area contributed by atoms with E-state index in [2.05, 4.69) is 4.98 Å². The predicted molar refractivity (Wildman–Crippen MR) is 94.3 cm³/mol. The summed E-state index contributed by atoms with van der Waals surface area (Å²) in [5, 5.41) is 21.2. The number of Topliss-reactive ketones (excluding diaryl/α,β-unsaturated/α-hetero) is 1. The lowest BCUT2D eigenvalue weighted by molar-refractivity contribution is -0.384. The van der Waals surface area contributed by atoms with Gasteiger partial charge in [-0.1, -0.05) is 17.7 Å². The highest BCUT2D eigenvalue weighted by Crippen LogP contribution is 2.24. The lowest BCUT2D eigenvalue weighted by Crippen LogP contribution is -2.01. The highest BCUT2D eigenvalue weighted by atomic mass is 35.5. The molecule has 7 heteroatoms. The number of nitrogens with one attached hydrogen (secondary N) is 1. The number of nitro benzene ring substituents is 1. The van der Waals surface area contributed by atoms with Crippen LogP contribution in [0.2, 0.25) is 5.02 Å². The van der Waals surface area contributed by atoms with Gasteiger partial charge >= 0.3 is 0 Å². The fourth-order valence-corrected chi connectivity index (χ4v) is 2.61. The SMILES string of the molecule is N#C/C(=C\c1ccc([N+](=O)[O-])cc1)C(=O)c1c[nH]c2cc(Cl)ccc12. The monoisotopic (exact) mass is 351 g/mol. The van der Waals surface area contributed by atoms with Crippen molar-refractivity contribution in [3.8, 4) is 6.07 Å². The molecule has 0 radical (unpaired) electrons. The van der Waals surface area contributed by atoms with Crippen molar-refractivity contribution in [2.75, 3.05) is 0 Å². The average Bonchev–Trinajstić information content (AvgIpc) is 3.02. The number of nitro groups is 1. The number of non-ortho nitro benzene ring substituents is 1. The number of benzene rings is 2. The molecule has 0 atom stereocenters. The van der Waals surface area contributed by atoms with Crippen LogP contribution in [0.3, 0.4) is 0 Å². The molecule has 1 N–H and O–H groups in total. The van der Waals surface area contributed by atoms with Crippen LogP contribution in [0.1, 0.15) is 15.9 Å². The summed E-state index contributed by atoms with van der Waals surface area (Å²) >= 11 is 5.92. The maximum Gasteiger partial charge on any atom is 0.269 e. The average molecular weight is 352 g/mol. The summed E-state index contributed by atoms with van der Waals surface area (Å²) in [4.78, 5) is 25.8. The summed E-state index contributed by atoms with van der Waals surface area (Å²) in [7, 11) is 0. The minimum Gasteiger partial charge on any atom is -0.360 e. The molecule has 3 aromatic rings. The van der Waals surface area contributed by atoms with Gasteiger partial charge in [0.25, 0.3) is 5.69 Å². The normalized spacial score (nSPS) is 11.3. The standard InChI is InChI=1S/C18H10ClN3O3/c19-13-3-6-15-16(10-21-17(15)8-13)18(23)12(9-20)7-11-1-4-14(5-2-11)22(24)25/h1-8,10,21H/b12-7+. The number of hydrogen-bond acceptors (Lipinski definition) is 4. The molecule has 0 bridgehead atoms. The molecule has 0 saturated heterocycles. The Kier molecular flexibility index (Phi) is 4.33. The molecule has 6 nitrogen and oxygen atoms in total. The van der Waals surface area contributed by atoms with Crippen molar-refractivity contribution in [3.05, 3.63) is 80.5 Å². The zero-order chi connectivity index (χ0) is 18.0. The van der Waals surface area contributed by atoms with E-state index in [0.717, 1.165) is 0 Å². The zero-order valence-electron chi connectivity index (χ0n) is 12.7. The minimum atomic E-state index is -0.513. The van der Waals surface area contributed by atoms with Crippen molar-refractivity contribution in [2.45, 2.75) is 0 Å². The molecule has 0 aliphatic heterocycles. The third kappa shape index (κ3) is 3.27. The summed E-state index contributed by atoms with van der Waals surface area (Å²) < 4.78 is 0. The largest absolute Gasteiger partial charge is 0.360 e. The lowest BCUT2D eigenvalue weighted by atomic mass is 10.0. The first-order valence-corrected chi connectivity index (χ1v) is 7.55. The molecule has 0 saturated carbocycles. The Bertz CT molecular complexity index is 1060. The van der Waals surface area contributed by atoms with E-state index in [9.17, 15) is 20.2 Å². The molecule has 0 unspecified atom stereocenters. The topological polar surface area (TPSA) is 99.8 Å². The molecule has 0 fully saturated rings. The van der Waals surface area contributed by atoms with E-state index >= 15 is 0 Å². The number of H-pyrrole nitrogens is 1. The Hall–Kier alpha value is -3.43. The van der Waals surface area contributed by atoms with Crippen LogP contribution in [0.25, 0.3) is 17.0 Å². The number of ketones is 1. The van der Waals surface area contributed by atoms with E-state index in [4.69, 9.17) is 11.6 Å². The van der Waals surface area contributed by atoms with Crippen LogP contribution in [-0.2, 0) is 0 Å². The van der Waals surface area contributed by atoms with Gasteiger partial charge in [-0.15, -0.1) is 0 Å². The van der Waals surface area contributed by atoms with Crippen LogP contribution in [-0.4, -0.2) is 15.7 Å². The van der Waals surface area contributed by atoms with Crippen molar-refractivity contribution in [2.24, 2.45) is 0 Å². The molecule has 0 amide bonds. The first kappa shape index (κ1) is 16.4. The lowest BCUT2D eigenvalue weighted by Gasteiger charge is -1.99. The smallest absolute Gasteiger partial charge is 0.269 e. The van der Waals surface area contributed by atoms with Gasteiger partial charge in [-0.3, -0.25) is 14.9 Å². The van der Waals surface area contributed by atoms with Gasteiger partial charge in [-0.05, 0) is 35.9 Å². The van der Waals surface area contributed by atoms with Gasteiger partial charge in [0.2, 0.25) is 5.78 Å². The Morgan fingerprint density at radius 1 is 1.24 bits per heavy atom. The second-order valence-electron chi connectivity index (χ2n) is 5.24. The number of hydrogen-bond donors (Lipinski definition) is 1. The molecule has 2 aromatic carbocycles. The number of carbonyl (C=O) groups is 1. The number of nitriles is 1. The van der Waals surface area contributed by atoms with E-state index in [1.807, 2.05) is 6.07 Å². The first-order chi connectivity index (χ1) is 12.0. The highest BCUT2D eigenvalue weighted by molar-refractivity contribution is 6.31. The van der Waals surface area contributed by atoms with Crippen LogP contribution in [0, 0.1) is 21.4 Å². The second kappa shape index (κ2) is 6.59. The molecule has 3 rings (SSSR count). The number of allylic oxidation sites excluding steroid dienone is 1. The predicted octanol–water partition coefficient (Wildman–Crippen LogP) is 4.52. The van der Waals surface area contributed by atoms with Gasteiger partial charge in [0.05, 0.1) is 4.92 Å². The van der Waals surface area contributed by atoms with Crippen molar-refractivity contribution < 1.29 is 9.72 Å². The van der Waals surface area contributed by atoms with E-state index in [1.165, 1.54) is 36.5 Å². The molecule has 122 valence electrons. The second-order valence-corrected chi connectivity index (χ2v) is 5.68. The fourth-order valence-electron chi connectivity index (χ4n) is 2.44. The minimum absolute atomic E-state index is 0.0597. The number of halogens is 1. The van der Waals surface area contributed by atoms with Gasteiger partial charge in [0, 0.05) is 39.8 Å². The van der Waals surface area contributed by atoms with Gasteiger partial charge in [-0.25, -0.2) is 0 Å². The van der Waals surface area contributed by atoms with Gasteiger partial charge in [0.1, 0.15) is 11.6 Å². The first-order valence-electron chi connectivity index (χ1n) is 7.17. The number of aromatic nitrogens is 1. The Morgan fingerprint density at radius 2 is 1.96 bits per heavy atom. The third-order valence-corrected chi connectivity index (χ3v) is 3.90. The van der Waals surface area contributed by atoms with Crippen LogP contribution < -0.4 is 0 Å². The molecular formula is C18H10ClN3O3. The quantitative estimate of drug-likeness (QED) is 0.245. The van der Waals surface area contributed by atoms with Crippen molar-refractivity contribution in [1.82, 2.24) is 4.98 Å². The third-order valence-electron chi connectivity index (χ3n) is 3.67. The van der Waals surface area contributed by atoms with E-state index in [-0.39, 0.29) is 11.3 Å². The number of nitrogens with zero attached hydrogens (tertiary/aromatic N) is 2. The maximum absolute atomic E-state index is 12.7. The Morgan fingerprint density at radius 3 is 2.60 bits per heavy atom. The van der Waals surface area contributed by atoms with Crippen molar-refractivity contribution in [3.63, 3.8) is 0 Å². The molecule has 0 aliphatic rings. The van der Waals surface area contributed by atoms with Crippen LogP contribution >= 0.6 is 11.6 Å². The summed E-state index contributed by atoms with van der Waals surface area (Å²) in [5.41, 5.74) is 1.46. The Labute approximate surface area is 147 Å². The summed E-state index contributed by atoms with van der Waals surface area (Å²) in [6.45, 7) is 0. The van der Waals surface area contributed by atoms with Crippen LogP contribution in [0.15, 0.2) is 54.2 Å². The molecule has 0 aliphatic carbocycles. The number of aromatic amines is 1. The van der Waals surface area contributed by atoms with Gasteiger partial charge in [0.15, 0.2) is 0 Å². The van der Waals surface area contributed by atoms with Gasteiger partial charge in [-0.2, -0.15) is 5.26 Å². The number of rotatable bonds is 4.